The average molecular weight is 223 g/mol. The zero-order valence-corrected chi connectivity index (χ0v) is 8.43. The Bertz CT molecular complexity index is 442. The summed E-state index contributed by atoms with van der Waals surface area (Å²) < 4.78 is 10.5. The van der Waals surface area contributed by atoms with Gasteiger partial charge in [0.25, 0.3) is 0 Å². The lowest BCUT2D eigenvalue weighted by Gasteiger charge is -2.26. The van der Waals surface area contributed by atoms with E-state index in [-0.39, 0.29) is 5.91 Å². The molecular formula is C10H9NO5. The van der Waals surface area contributed by atoms with E-state index in [1.165, 1.54) is 6.92 Å². The van der Waals surface area contributed by atoms with Crippen LogP contribution in [0.25, 0.3) is 0 Å². The Balaban J connectivity index is 2.03. The SMILES string of the molecule is CC(=O)OC12C=CC(O1)C1C(=O)NC(=O)C12. The summed E-state index contributed by atoms with van der Waals surface area (Å²) in [6.45, 7) is 1.24. The van der Waals surface area contributed by atoms with Gasteiger partial charge in [0.2, 0.25) is 17.6 Å². The summed E-state index contributed by atoms with van der Waals surface area (Å²) in [6.07, 6.45) is 2.72. The van der Waals surface area contributed by atoms with Crippen molar-refractivity contribution in [2.24, 2.45) is 11.8 Å². The van der Waals surface area contributed by atoms with E-state index < -0.39 is 35.6 Å². The van der Waals surface area contributed by atoms with Gasteiger partial charge in [-0.2, -0.15) is 0 Å². The highest BCUT2D eigenvalue weighted by Gasteiger charge is 2.67. The molecule has 0 aromatic rings. The summed E-state index contributed by atoms with van der Waals surface area (Å²) in [5, 5.41) is 2.23. The van der Waals surface area contributed by atoms with Gasteiger partial charge in [-0.1, -0.05) is 6.08 Å². The number of hydrogen-bond donors (Lipinski definition) is 1. The fourth-order valence-electron chi connectivity index (χ4n) is 2.61. The van der Waals surface area contributed by atoms with Crippen LogP contribution in [0.5, 0.6) is 0 Å². The summed E-state index contributed by atoms with van der Waals surface area (Å²) in [7, 11) is 0. The molecule has 2 fully saturated rings. The van der Waals surface area contributed by atoms with E-state index >= 15 is 0 Å². The molecule has 0 aromatic carbocycles. The summed E-state index contributed by atoms with van der Waals surface area (Å²) in [5.74, 6) is -4.05. The van der Waals surface area contributed by atoms with Gasteiger partial charge in [0.1, 0.15) is 5.92 Å². The molecule has 3 aliphatic heterocycles. The van der Waals surface area contributed by atoms with Crippen LogP contribution in [-0.4, -0.2) is 29.7 Å². The first-order valence-electron chi connectivity index (χ1n) is 4.95. The molecule has 0 aromatic heterocycles. The number of esters is 1. The van der Waals surface area contributed by atoms with E-state index in [9.17, 15) is 14.4 Å². The van der Waals surface area contributed by atoms with Gasteiger partial charge in [-0.25, -0.2) is 0 Å². The molecule has 0 radical (unpaired) electrons. The smallest absolute Gasteiger partial charge is 0.305 e. The highest BCUT2D eigenvalue weighted by molar-refractivity contribution is 6.07. The van der Waals surface area contributed by atoms with Crippen molar-refractivity contribution in [3.05, 3.63) is 12.2 Å². The molecule has 3 aliphatic rings. The molecule has 1 N–H and O–H groups in total. The molecule has 84 valence electrons. The molecule has 0 aliphatic carbocycles. The van der Waals surface area contributed by atoms with Crippen LogP contribution in [0.4, 0.5) is 0 Å². The van der Waals surface area contributed by atoms with Crippen LogP contribution in [0.2, 0.25) is 0 Å². The maximum absolute atomic E-state index is 11.6. The Morgan fingerprint density at radius 3 is 2.94 bits per heavy atom. The van der Waals surface area contributed by atoms with Crippen LogP contribution < -0.4 is 5.32 Å². The van der Waals surface area contributed by atoms with E-state index in [2.05, 4.69) is 5.32 Å². The largest absolute Gasteiger partial charge is 0.428 e. The number of nitrogens with one attached hydrogen (secondary N) is 1. The minimum absolute atomic E-state index is 0.363. The monoisotopic (exact) mass is 223 g/mol. The zero-order chi connectivity index (χ0) is 11.5. The van der Waals surface area contributed by atoms with Crippen LogP contribution in [-0.2, 0) is 23.9 Å². The minimum atomic E-state index is -1.38. The number of hydrogen-bond acceptors (Lipinski definition) is 5. The highest BCUT2D eigenvalue weighted by atomic mass is 16.7. The van der Waals surface area contributed by atoms with Crippen LogP contribution in [0.3, 0.4) is 0 Å². The molecule has 0 spiro atoms. The molecular weight excluding hydrogens is 214 g/mol. The summed E-state index contributed by atoms with van der Waals surface area (Å²) in [4.78, 5) is 34.1. The van der Waals surface area contributed by atoms with Crippen LogP contribution in [0, 0.1) is 11.8 Å². The Labute approximate surface area is 90.6 Å². The fraction of sp³-hybridized carbons (Fsp3) is 0.500. The van der Waals surface area contributed by atoms with Crippen LogP contribution >= 0.6 is 0 Å². The number of carbonyl (C=O) groups excluding carboxylic acids is 3. The van der Waals surface area contributed by atoms with Gasteiger partial charge in [-0.05, 0) is 6.08 Å². The molecule has 2 saturated heterocycles. The molecule has 6 heteroatoms. The van der Waals surface area contributed by atoms with E-state index in [0.717, 1.165) is 0 Å². The number of fused-ring (bicyclic) bond motifs is 5. The van der Waals surface area contributed by atoms with Gasteiger partial charge in [0, 0.05) is 6.92 Å². The third-order valence-corrected chi connectivity index (χ3v) is 3.12. The maximum atomic E-state index is 11.6. The normalized spacial score (nSPS) is 43.4. The van der Waals surface area contributed by atoms with Crippen LogP contribution in [0.1, 0.15) is 6.92 Å². The Morgan fingerprint density at radius 1 is 1.50 bits per heavy atom. The lowest BCUT2D eigenvalue weighted by Crippen LogP contribution is -2.42. The lowest BCUT2D eigenvalue weighted by molar-refractivity contribution is -0.202. The summed E-state index contributed by atoms with van der Waals surface area (Å²) >= 11 is 0. The van der Waals surface area contributed by atoms with Crippen molar-refractivity contribution in [2.45, 2.75) is 18.8 Å². The third-order valence-electron chi connectivity index (χ3n) is 3.12. The first-order chi connectivity index (χ1) is 7.53. The zero-order valence-electron chi connectivity index (χ0n) is 8.43. The Hall–Kier alpha value is -1.69. The van der Waals surface area contributed by atoms with Gasteiger partial charge in [-0.15, -0.1) is 0 Å². The average Bonchev–Trinajstić information content (AvgIpc) is 2.77. The van der Waals surface area contributed by atoms with E-state index in [1.54, 1.807) is 12.2 Å². The van der Waals surface area contributed by atoms with Gasteiger partial charge in [0.15, 0.2) is 0 Å². The number of carbonyl (C=O) groups is 3. The molecule has 4 unspecified atom stereocenters. The van der Waals surface area contributed by atoms with Crippen molar-refractivity contribution in [2.75, 3.05) is 0 Å². The Kier molecular flexibility index (Phi) is 1.61. The van der Waals surface area contributed by atoms with Crippen LogP contribution in [0.15, 0.2) is 12.2 Å². The molecule has 2 amide bonds. The van der Waals surface area contributed by atoms with Crippen molar-refractivity contribution in [1.29, 1.82) is 0 Å². The summed E-state index contributed by atoms with van der Waals surface area (Å²) in [5.41, 5.74) is 0. The second-order valence-electron chi connectivity index (χ2n) is 4.11. The maximum Gasteiger partial charge on any atom is 0.305 e. The molecule has 6 nitrogen and oxygen atoms in total. The quantitative estimate of drug-likeness (QED) is 0.354. The first-order valence-corrected chi connectivity index (χ1v) is 4.95. The second-order valence-corrected chi connectivity index (χ2v) is 4.11. The lowest BCUT2D eigenvalue weighted by atomic mass is 9.83. The van der Waals surface area contributed by atoms with E-state index in [1.807, 2.05) is 0 Å². The van der Waals surface area contributed by atoms with Crippen molar-refractivity contribution in [3.63, 3.8) is 0 Å². The molecule has 4 atom stereocenters. The van der Waals surface area contributed by atoms with Gasteiger partial charge >= 0.3 is 5.97 Å². The van der Waals surface area contributed by atoms with Crippen molar-refractivity contribution in [1.82, 2.24) is 5.32 Å². The van der Waals surface area contributed by atoms with E-state index in [0.29, 0.717) is 0 Å². The second kappa shape index (κ2) is 2.70. The van der Waals surface area contributed by atoms with E-state index in [4.69, 9.17) is 9.47 Å². The number of amides is 2. The minimum Gasteiger partial charge on any atom is -0.428 e. The standard InChI is InChI=1S/C10H9NO5/c1-4(12)15-10-3-2-5(16-10)6-7(10)9(14)11-8(6)13/h2-3,5-7H,1H3,(H,11,13,14). The summed E-state index contributed by atoms with van der Waals surface area (Å²) in [6, 6.07) is 0. The topological polar surface area (TPSA) is 81.7 Å². The van der Waals surface area contributed by atoms with Gasteiger partial charge in [0.05, 0.1) is 12.0 Å². The Morgan fingerprint density at radius 2 is 2.25 bits per heavy atom. The molecule has 2 bridgehead atoms. The van der Waals surface area contributed by atoms with Gasteiger partial charge in [-0.3, -0.25) is 19.7 Å². The molecule has 3 heterocycles. The van der Waals surface area contributed by atoms with Crippen molar-refractivity contribution >= 4 is 17.8 Å². The number of ether oxygens (including phenoxy) is 2. The third kappa shape index (κ3) is 0.969. The molecule has 3 rings (SSSR count). The number of imide groups is 1. The van der Waals surface area contributed by atoms with Gasteiger partial charge < -0.3 is 9.47 Å². The first kappa shape index (κ1) is 9.53. The molecule has 0 saturated carbocycles. The predicted molar refractivity (Wildman–Crippen MR) is 48.6 cm³/mol. The highest BCUT2D eigenvalue weighted by Crippen LogP contribution is 2.50. The van der Waals surface area contributed by atoms with Crippen molar-refractivity contribution < 1.29 is 23.9 Å². The number of rotatable bonds is 1. The van der Waals surface area contributed by atoms with Crippen molar-refractivity contribution in [3.8, 4) is 0 Å². The predicted octanol–water partition coefficient (Wildman–Crippen LogP) is -0.897. The molecule has 16 heavy (non-hydrogen) atoms. The fourth-order valence-corrected chi connectivity index (χ4v) is 2.61.